The molecule has 86 valence electrons. The lowest BCUT2D eigenvalue weighted by Crippen LogP contribution is -2.52. The lowest BCUT2D eigenvalue weighted by molar-refractivity contribution is -0.926. The molecule has 1 unspecified atom stereocenters. The molecule has 0 aromatic heterocycles. The summed E-state index contributed by atoms with van der Waals surface area (Å²) in [6.07, 6.45) is 3.70. The molecule has 0 spiro atoms. The van der Waals surface area contributed by atoms with Crippen LogP contribution in [0.15, 0.2) is 0 Å². The molecule has 0 heterocycles. The van der Waals surface area contributed by atoms with Gasteiger partial charge in [0, 0.05) is 0 Å². The molecule has 0 fully saturated rings. The summed E-state index contributed by atoms with van der Waals surface area (Å²) >= 11 is 10.3. The van der Waals surface area contributed by atoms with Crippen LogP contribution in [0.5, 0.6) is 0 Å². The van der Waals surface area contributed by atoms with E-state index in [-0.39, 0.29) is 4.71 Å². The third-order valence-corrected chi connectivity index (χ3v) is 2.93. The molecule has 14 heavy (non-hydrogen) atoms. The summed E-state index contributed by atoms with van der Waals surface area (Å²) in [5.41, 5.74) is 0. The summed E-state index contributed by atoms with van der Waals surface area (Å²) in [5, 5.41) is 0. The molecule has 1 nitrogen and oxygen atoms in total. The Bertz CT molecular complexity index is 122. The maximum atomic E-state index is 6.02. The predicted octanol–water partition coefficient (Wildman–Crippen LogP) is 3.53. The van der Waals surface area contributed by atoms with Gasteiger partial charge >= 0.3 is 0 Å². The van der Waals surface area contributed by atoms with E-state index in [1.165, 1.54) is 38.9 Å². The topological polar surface area (TPSA) is 0 Å². The van der Waals surface area contributed by atoms with Crippen LogP contribution >= 0.6 is 24.2 Å². The van der Waals surface area contributed by atoms with E-state index in [2.05, 4.69) is 33.4 Å². The first-order valence-corrected chi connectivity index (χ1v) is 6.72. The second-order valence-corrected chi connectivity index (χ2v) is 5.58. The van der Waals surface area contributed by atoms with Crippen LogP contribution < -0.4 is 0 Å². The monoisotopic (exact) mass is 238 g/mol. The highest BCUT2D eigenvalue weighted by molar-refractivity contribution is 7.82. The van der Waals surface area contributed by atoms with Crippen molar-refractivity contribution in [3.05, 3.63) is 0 Å². The van der Waals surface area contributed by atoms with Gasteiger partial charge in [-0.3, -0.25) is 0 Å². The summed E-state index contributed by atoms with van der Waals surface area (Å²) in [4.78, 5) is 0. The van der Waals surface area contributed by atoms with Crippen LogP contribution in [0.4, 0.5) is 0 Å². The second-order valence-electron chi connectivity index (χ2n) is 4.13. The SMILES string of the molecule is CCC[N+](CCC)(CCC)CC(S)Cl. The Morgan fingerprint density at radius 2 is 1.36 bits per heavy atom. The number of quaternary nitrogens is 1. The predicted molar refractivity (Wildman–Crippen MR) is 69.2 cm³/mol. The molecular formula is C11H25ClNS+. The average Bonchev–Trinajstić information content (AvgIpc) is 2.03. The molecule has 0 saturated heterocycles. The van der Waals surface area contributed by atoms with E-state index in [9.17, 15) is 0 Å². The van der Waals surface area contributed by atoms with Crippen LogP contribution in [0.3, 0.4) is 0 Å². The average molecular weight is 239 g/mol. The fourth-order valence-electron chi connectivity index (χ4n) is 2.35. The van der Waals surface area contributed by atoms with Crippen molar-refractivity contribution in [1.29, 1.82) is 0 Å². The Hall–Kier alpha value is 0.600. The second kappa shape index (κ2) is 7.84. The minimum absolute atomic E-state index is 0.000324. The maximum absolute atomic E-state index is 6.02. The molecule has 0 aliphatic rings. The number of thiol groups is 1. The molecule has 0 aromatic rings. The molecule has 1 atom stereocenters. The first kappa shape index (κ1) is 14.6. The van der Waals surface area contributed by atoms with Crippen molar-refractivity contribution in [2.24, 2.45) is 0 Å². The molecule has 0 aromatic carbocycles. The third-order valence-electron chi connectivity index (χ3n) is 2.63. The Morgan fingerprint density at radius 1 is 1.00 bits per heavy atom. The van der Waals surface area contributed by atoms with Gasteiger partial charge < -0.3 is 4.48 Å². The molecular weight excluding hydrogens is 214 g/mol. The summed E-state index contributed by atoms with van der Waals surface area (Å²) in [7, 11) is 0. The lowest BCUT2D eigenvalue weighted by Gasteiger charge is -2.39. The number of hydrogen-bond acceptors (Lipinski definition) is 1. The quantitative estimate of drug-likeness (QED) is 0.373. The van der Waals surface area contributed by atoms with Crippen molar-refractivity contribution in [3.63, 3.8) is 0 Å². The van der Waals surface area contributed by atoms with E-state index in [1.807, 2.05) is 0 Å². The van der Waals surface area contributed by atoms with Gasteiger partial charge in [0.2, 0.25) is 0 Å². The zero-order chi connectivity index (χ0) is 11.0. The lowest BCUT2D eigenvalue weighted by atomic mass is 10.2. The van der Waals surface area contributed by atoms with Crippen molar-refractivity contribution < 1.29 is 4.48 Å². The van der Waals surface area contributed by atoms with E-state index < -0.39 is 0 Å². The fraction of sp³-hybridized carbons (Fsp3) is 1.00. The number of hydrogen-bond donors (Lipinski definition) is 1. The zero-order valence-corrected chi connectivity index (χ0v) is 11.4. The molecule has 0 radical (unpaired) electrons. The molecule has 0 aliphatic heterocycles. The van der Waals surface area contributed by atoms with Gasteiger partial charge in [-0.15, -0.1) is 11.6 Å². The molecule has 0 rings (SSSR count). The molecule has 0 N–H and O–H groups in total. The van der Waals surface area contributed by atoms with Gasteiger partial charge in [-0.05, 0) is 19.3 Å². The number of nitrogens with zero attached hydrogens (tertiary/aromatic N) is 1. The van der Waals surface area contributed by atoms with E-state index >= 15 is 0 Å². The van der Waals surface area contributed by atoms with Crippen molar-refractivity contribution in [2.75, 3.05) is 26.2 Å². The highest BCUT2D eigenvalue weighted by Gasteiger charge is 2.26. The Kier molecular flexibility index (Phi) is 8.17. The molecule has 0 saturated carbocycles. The largest absolute Gasteiger partial charge is 0.322 e. The fourth-order valence-corrected chi connectivity index (χ4v) is 2.99. The summed E-state index contributed by atoms with van der Waals surface area (Å²) in [6.45, 7) is 11.5. The normalized spacial score (nSPS) is 14.4. The standard InChI is InChI=1S/C11H24ClNS/c1-4-7-13(8-5-2,9-6-3)10-11(12)14/h11H,4-10H2,1-3H3/p+1. The maximum Gasteiger partial charge on any atom is 0.125 e. The van der Waals surface area contributed by atoms with Gasteiger partial charge in [0.05, 0.1) is 19.6 Å². The Balaban J connectivity index is 4.37. The Morgan fingerprint density at radius 3 is 1.57 bits per heavy atom. The highest BCUT2D eigenvalue weighted by Crippen LogP contribution is 2.16. The van der Waals surface area contributed by atoms with Gasteiger partial charge in [0.25, 0.3) is 0 Å². The van der Waals surface area contributed by atoms with Crippen molar-refractivity contribution in [3.8, 4) is 0 Å². The van der Waals surface area contributed by atoms with Gasteiger partial charge in [0.15, 0.2) is 0 Å². The van der Waals surface area contributed by atoms with Gasteiger partial charge in [-0.2, -0.15) is 12.6 Å². The molecule has 0 amide bonds. The summed E-state index contributed by atoms with van der Waals surface area (Å²) in [6, 6.07) is 0. The number of halogens is 1. The molecule has 0 bridgehead atoms. The van der Waals surface area contributed by atoms with Gasteiger partial charge in [-0.1, -0.05) is 20.8 Å². The van der Waals surface area contributed by atoms with E-state index in [0.717, 1.165) is 11.0 Å². The minimum Gasteiger partial charge on any atom is -0.322 e. The summed E-state index contributed by atoms with van der Waals surface area (Å²) in [5.74, 6) is 0. The smallest absolute Gasteiger partial charge is 0.125 e. The van der Waals surface area contributed by atoms with Crippen molar-refractivity contribution in [2.45, 2.75) is 44.7 Å². The highest BCUT2D eigenvalue weighted by atomic mass is 35.5. The molecule has 0 aliphatic carbocycles. The summed E-state index contributed by atoms with van der Waals surface area (Å²) < 4.78 is 1.15. The first-order chi connectivity index (χ1) is 6.60. The Labute approximate surface area is 99.8 Å². The van der Waals surface area contributed by atoms with Crippen LogP contribution in [0.2, 0.25) is 0 Å². The third kappa shape index (κ3) is 5.47. The van der Waals surface area contributed by atoms with Gasteiger partial charge in [-0.25, -0.2) is 0 Å². The zero-order valence-electron chi connectivity index (χ0n) is 9.80. The van der Waals surface area contributed by atoms with E-state index in [0.29, 0.717) is 0 Å². The first-order valence-electron chi connectivity index (χ1n) is 5.77. The van der Waals surface area contributed by atoms with Gasteiger partial charge in [0.1, 0.15) is 11.3 Å². The van der Waals surface area contributed by atoms with Crippen LogP contribution in [0.1, 0.15) is 40.0 Å². The van der Waals surface area contributed by atoms with E-state index in [1.54, 1.807) is 0 Å². The number of alkyl halides is 1. The van der Waals surface area contributed by atoms with Crippen molar-refractivity contribution in [1.82, 2.24) is 0 Å². The van der Waals surface area contributed by atoms with Crippen molar-refractivity contribution >= 4 is 24.2 Å². The minimum atomic E-state index is -0.000324. The van der Waals surface area contributed by atoms with Crippen LogP contribution in [0.25, 0.3) is 0 Å². The van der Waals surface area contributed by atoms with Crippen LogP contribution in [-0.4, -0.2) is 35.4 Å². The van der Waals surface area contributed by atoms with E-state index in [4.69, 9.17) is 11.6 Å². The molecule has 3 heteroatoms. The van der Waals surface area contributed by atoms with Crippen LogP contribution in [0, 0.1) is 0 Å². The van der Waals surface area contributed by atoms with Crippen LogP contribution in [-0.2, 0) is 0 Å². The number of rotatable bonds is 8.